The summed E-state index contributed by atoms with van der Waals surface area (Å²) in [6.45, 7) is 6.85. The van der Waals surface area contributed by atoms with Crippen LogP contribution in [0.25, 0.3) is 6.08 Å². The lowest BCUT2D eigenvalue weighted by molar-refractivity contribution is 0.0603. The van der Waals surface area contributed by atoms with Crippen molar-refractivity contribution in [1.82, 2.24) is 0 Å². The molecule has 3 aliphatic rings. The molecule has 2 heterocycles. The second-order valence-electron chi connectivity index (χ2n) is 8.69. The third-order valence-corrected chi connectivity index (χ3v) is 6.78. The maximum Gasteiger partial charge on any atom is 0.130 e. The van der Waals surface area contributed by atoms with Crippen LogP contribution in [0, 0.1) is 5.92 Å². The number of fused-ring (bicyclic) bond motifs is 5. The molecule has 3 nitrogen and oxygen atoms in total. The van der Waals surface area contributed by atoms with Crippen LogP contribution in [0.4, 0.5) is 5.69 Å². The number of hydrogen-bond donors (Lipinski definition) is 2. The lowest BCUT2D eigenvalue weighted by Gasteiger charge is -2.54. The molecule has 1 unspecified atom stereocenters. The first kappa shape index (κ1) is 15.8. The topological polar surface area (TPSA) is 41.5 Å². The number of para-hydroxylation sites is 1. The predicted molar refractivity (Wildman–Crippen MR) is 105 cm³/mol. The van der Waals surface area contributed by atoms with E-state index in [0.29, 0.717) is 11.7 Å². The van der Waals surface area contributed by atoms with Crippen molar-refractivity contribution in [3.63, 3.8) is 0 Å². The zero-order valence-corrected chi connectivity index (χ0v) is 15.5. The third kappa shape index (κ3) is 2.06. The van der Waals surface area contributed by atoms with Gasteiger partial charge >= 0.3 is 0 Å². The summed E-state index contributed by atoms with van der Waals surface area (Å²) < 4.78 is 6.50. The fraction of sp³-hybridized carbons (Fsp3) is 0.391. The highest BCUT2D eigenvalue weighted by atomic mass is 16.5. The van der Waals surface area contributed by atoms with Crippen molar-refractivity contribution in [1.29, 1.82) is 0 Å². The van der Waals surface area contributed by atoms with Gasteiger partial charge in [0.05, 0.1) is 6.04 Å². The standard InChI is InChI=1S/C23H25NO2/c1-22(2)16-10-11-23(3)18(12-14-6-4-5-7-20(14)26-23)21(16)24-19-9-8-15(25)13-17(19)22/h4-9,12-13,16,21,24-25H,10-11H2,1-3H3/t16-,21+,23?/m1/s1. The molecule has 26 heavy (non-hydrogen) atoms. The molecule has 1 fully saturated rings. The molecule has 5 rings (SSSR count). The zero-order valence-electron chi connectivity index (χ0n) is 15.5. The highest BCUT2D eigenvalue weighted by molar-refractivity contribution is 5.70. The van der Waals surface area contributed by atoms with Crippen molar-refractivity contribution in [3.05, 3.63) is 59.2 Å². The maximum atomic E-state index is 10.00. The zero-order chi connectivity index (χ0) is 18.1. The lowest BCUT2D eigenvalue weighted by atomic mass is 9.58. The van der Waals surface area contributed by atoms with Gasteiger partial charge in [-0.3, -0.25) is 0 Å². The van der Waals surface area contributed by atoms with Gasteiger partial charge in [-0.05, 0) is 72.6 Å². The Morgan fingerprint density at radius 1 is 1.12 bits per heavy atom. The number of anilines is 1. The van der Waals surface area contributed by atoms with Gasteiger partial charge in [0.2, 0.25) is 0 Å². The quantitative estimate of drug-likeness (QED) is 0.651. The van der Waals surface area contributed by atoms with Crippen molar-refractivity contribution in [2.24, 2.45) is 5.92 Å². The minimum absolute atomic E-state index is 0.0108. The largest absolute Gasteiger partial charge is 0.508 e. The van der Waals surface area contributed by atoms with Crippen LogP contribution < -0.4 is 10.1 Å². The normalized spacial score (nSPS) is 30.5. The second kappa shape index (κ2) is 5.06. The molecule has 0 amide bonds. The Labute approximate surface area is 154 Å². The number of nitrogens with one attached hydrogen (secondary N) is 1. The minimum Gasteiger partial charge on any atom is -0.508 e. The summed E-state index contributed by atoms with van der Waals surface area (Å²) in [7, 11) is 0. The second-order valence-corrected chi connectivity index (χ2v) is 8.69. The Morgan fingerprint density at radius 2 is 1.92 bits per heavy atom. The van der Waals surface area contributed by atoms with E-state index >= 15 is 0 Å². The number of ether oxygens (including phenoxy) is 1. The highest BCUT2D eigenvalue weighted by Gasteiger charge is 2.52. The van der Waals surface area contributed by atoms with Crippen LogP contribution in [-0.4, -0.2) is 16.7 Å². The molecule has 1 saturated carbocycles. The fourth-order valence-corrected chi connectivity index (χ4v) is 5.26. The summed E-state index contributed by atoms with van der Waals surface area (Å²) in [5.41, 5.74) is 4.57. The molecule has 1 aliphatic carbocycles. The van der Waals surface area contributed by atoms with E-state index in [-0.39, 0.29) is 17.1 Å². The van der Waals surface area contributed by atoms with Crippen LogP contribution in [0.1, 0.15) is 44.7 Å². The van der Waals surface area contributed by atoms with Gasteiger partial charge in [0.25, 0.3) is 0 Å². The van der Waals surface area contributed by atoms with Crippen molar-refractivity contribution in [3.8, 4) is 11.5 Å². The van der Waals surface area contributed by atoms with E-state index in [9.17, 15) is 5.11 Å². The number of aromatic hydroxyl groups is 1. The van der Waals surface area contributed by atoms with E-state index < -0.39 is 0 Å². The molecule has 2 N–H and O–H groups in total. The third-order valence-electron chi connectivity index (χ3n) is 6.78. The molecule has 0 bridgehead atoms. The first-order valence-corrected chi connectivity index (χ1v) is 9.49. The predicted octanol–water partition coefficient (Wildman–Crippen LogP) is 5.11. The Hall–Kier alpha value is -2.42. The van der Waals surface area contributed by atoms with Crippen LogP contribution >= 0.6 is 0 Å². The van der Waals surface area contributed by atoms with Crippen LogP contribution in [0.15, 0.2) is 48.0 Å². The average Bonchev–Trinajstić information content (AvgIpc) is 2.60. The van der Waals surface area contributed by atoms with Crippen molar-refractivity contribution in [2.45, 2.75) is 50.7 Å². The molecule has 2 aliphatic heterocycles. The van der Waals surface area contributed by atoms with Crippen LogP contribution in [0.2, 0.25) is 0 Å². The van der Waals surface area contributed by atoms with Crippen LogP contribution in [0.3, 0.4) is 0 Å². The van der Waals surface area contributed by atoms with Gasteiger partial charge in [-0.1, -0.05) is 32.0 Å². The molecular weight excluding hydrogens is 322 g/mol. The molecule has 0 saturated heterocycles. The average molecular weight is 347 g/mol. The SMILES string of the molecule is CC12CC[C@@H]3[C@H](Nc4ccc(O)cc4C3(C)C)C1=Cc1ccccc1O2. The van der Waals surface area contributed by atoms with E-state index in [1.807, 2.05) is 18.2 Å². The summed E-state index contributed by atoms with van der Waals surface area (Å²) in [5, 5.41) is 13.8. The molecular formula is C23H25NO2. The Kier molecular flexibility index (Phi) is 3.08. The number of phenols is 1. The van der Waals surface area contributed by atoms with Gasteiger partial charge in [-0.25, -0.2) is 0 Å². The van der Waals surface area contributed by atoms with Gasteiger partial charge < -0.3 is 15.2 Å². The lowest BCUT2D eigenvalue weighted by Crippen LogP contribution is -2.57. The first-order chi connectivity index (χ1) is 12.4. The van der Waals surface area contributed by atoms with Gasteiger partial charge in [-0.2, -0.15) is 0 Å². The number of phenolic OH excluding ortho intramolecular Hbond substituents is 1. The number of benzene rings is 2. The summed E-state index contributed by atoms with van der Waals surface area (Å²) in [4.78, 5) is 0. The Morgan fingerprint density at radius 3 is 2.77 bits per heavy atom. The van der Waals surface area contributed by atoms with Crippen molar-refractivity contribution in [2.75, 3.05) is 5.32 Å². The molecule has 2 aromatic rings. The van der Waals surface area contributed by atoms with Crippen LogP contribution in [-0.2, 0) is 5.41 Å². The molecule has 3 heteroatoms. The van der Waals surface area contributed by atoms with Crippen LogP contribution in [0.5, 0.6) is 11.5 Å². The van der Waals surface area contributed by atoms with E-state index in [0.717, 1.165) is 29.8 Å². The molecule has 0 spiro atoms. The minimum atomic E-state index is -0.257. The van der Waals surface area contributed by atoms with E-state index in [4.69, 9.17) is 4.74 Å². The van der Waals surface area contributed by atoms with Gasteiger partial charge in [0.15, 0.2) is 0 Å². The Bertz CT molecular complexity index is 930. The highest BCUT2D eigenvalue weighted by Crippen LogP contribution is 2.54. The summed E-state index contributed by atoms with van der Waals surface area (Å²) in [6, 6.07) is 14.2. The molecule has 2 aromatic carbocycles. The monoisotopic (exact) mass is 347 g/mol. The molecule has 0 radical (unpaired) electrons. The number of rotatable bonds is 0. The van der Waals surface area contributed by atoms with Gasteiger partial charge in [0, 0.05) is 11.3 Å². The van der Waals surface area contributed by atoms with Gasteiger partial charge in [0.1, 0.15) is 17.1 Å². The smallest absolute Gasteiger partial charge is 0.130 e. The first-order valence-electron chi connectivity index (χ1n) is 9.49. The summed E-state index contributed by atoms with van der Waals surface area (Å²) in [6.07, 6.45) is 4.44. The summed E-state index contributed by atoms with van der Waals surface area (Å²) >= 11 is 0. The summed E-state index contributed by atoms with van der Waals surface area (Å²) in [5.74, 6) is 1.79. The molecule has 134 valence electrons. The maximum absolute atomic E-state index is 10.00. The molecule has 3 atom stereocenters. The van der Waals surface area contributed by atoms with Gasteiger partial charge in [-0.15, -0.1) is 0 Å². The van der Waals surface area contributed by atoms with E-state index in [1.54, 1.807) is 6.07 Å². The van der Waals surface area contributed by atoms with E-state index in [1.165, 1.54) is 11.1 Å². The van der Waals surface area contributed by atoms with Crippen molar-refractivity contribution >= 4 is 11.8 Å². The number of hydrogen-bond acceptors (Lipinski definition) is 3. The molecule has 0 aromatic heterocycles. The van der Waals surface area contributed by atoms with Crippen molar-refractivity contribution < 1.29 is 9.84 Å². The Balaban J connectivity index is 1.66. The van der Waals surface area contributed by atoms with E-state index in [2.05, 4.69) is 50.4 Å². The fourth-order valence-electron chi connectivity index (χ4n) is 5.26.